The van der Waals surface area contributed by atoms with Crippen LogP contribution in [0.3, 0.4) is 0 Å². The molecule has 0 atom stereocenters. The van der Waals surface area contributed by atoms with Crippen molar-refractivity contribution in [3.8, 4) is 0 Å². The Balaban J connectivity index is 4.44. The lowest BCUT2D eigenvalue weighted by molar-refractivity contribution is -0.160. The SMILES string of the molecule is CCOC(=O)C(=O)N(CCN(C)C)CC(C)C. The summed E-state index contributed by atoms with van der Waals surface area (Å²) in [7, 11) is 3.87. The predicted octanol–water partition coefficient (Wildman–Crippen LogP) is 0.596. The van der Waals surface area contributed by atoms with Gasteiger partial charge in [0.05, 0.1) is 6.61 Å². The molecule has 0 spiro atoms. The van der Waals surface area contributed by atoms with Gasteiger partial charge in [-0.3, -0.25) is 4.79 Å². The van der Waals surface area contributed by atoms with Crippen molar-refractivity contribution in [1.82, 2.24) is 9.80 Å². The van der Waals surface area contributed by atoms with Crippen LogP contribution in [0.25, 0.3) is 0 Å². The van der Waals surface area contributed by atoms with Crippen LogP contribution in [-0.4, -0.2) is 62.0 Å². The van der Waals surface area contributed by atoms with E-state index in [9.17, 15) is 9.59 Å². The van der Waals surface area contributed by atoms with E-state index in [1.807, 2.05) is 32.8 Å². The predicted molar refractivity (Wildman–Crippen MR) is 66.6 cm³/mol. The van der Waals surface area contributed by atoms with Crippen LogP contribution in [0.1, 0.15) is 20.8 Å². The Labute approximate surface area is 104 Å². The Hall–Kier alpha value is -1.10. The van der Waals surface area contributed by atoms with Gasteiger partial charge in [0.2, 0.25) is 0 Å². The molecule has 100 valence electrons. The molecule has 0 aromatic heterocycles. The summed E-state index contributed by atoms with van der Waals surface area (Å²) in [6.07, 6.45) is 0. The van der Waals surface area contributed by atoms with Crippen molar-refractivity contribution in [3.05, 3.63) is 0 Å². The molecule has 0 aromatic rings. The summed E-state index contributed by atoms with van der Waals surface area (Å²) in [5.41, 5.74) is 0. The van der Waals surface area contributed by atoms with Crippen LogP contribution in [0.2, 0.25) is 0 Å². The molecule has 1 amide bonds. The van der Waals surface area contributed by atoms with Crippen molar-refractivity contribution < 1.29 is 14.3 Å². The maximum atomic E-state index is 11.8. The van der Waals surface area contributed by atoms with Crippen molar-refractivity contribution in [2.75, 3.05) is 40.3 Å². The van der Waals surface area contributed by atoms with Crippen LogP contribution in [0.15, 0.2) is 0 Å². The number of carbonyl (C=O) groups is 2. The van der Waals surface area contributed by atoms with E-state index in [-0.39, 0.29) is 6.61 Å². The Morgan fingerprint density at radius 2 is 1.76 bits per heavy atom. The molecule has 0 fully saturated rings. The average molecular weight is 244 g/mol. The first-order valence-corrected chi connectivity index (χ1v) is 5.99. The van der Waals surface area contributed by atoms with Crippen molar-refractivity contribution in [3.63, 3.8) is 0 Å². The zero-order valence-electron chi connectivity index (χ0n) is 11.5. The summed E-state index contributed by atoms with van der Waals surface area (Å²) in [6.45, 7) is 7.81. The van der Waals surface area contributed by atoms with E-state index in [1.165, 1.54) is 0 Å². The number of hydrogen-bond acceptors (Lipinski definition) is 4. The molecule has 0 bridgehead atoms. The lowest BCUT2D eigenvalue weighted by atomic mass is 10.2. The van der Waals surface area contributed by atoms with Gasteiger partial charge in [0.15, 0.2) is 0 Å². The summed E-state index contributed by atoms with van der Waals surface area (Å²) in [5, 5.41) is 0. The van der Waals surface area contributed by atoms with E-state index >= 15 is 0 Å². The van der Waals surface area contributed by atoms with E-state index < -0.39 is 11.9 Å². The van der Waals surface area contributed by atoms with Gasteiger partial charge in [-0.05, 0) is 26.9 Å². The topological polar surface area (TPSA) is 49.9 Å². The molecule has 0 unspecified atom stereocenters. The van der Waals surface area contributed by atoms with Crippen LogP contribution in [0, 0.1) is 5.92 Å². The largest absolute Gasteiger partial charge is 0.459 e. The third-order valence-corrected chi connectivity index (χ3v) is 2.14. The summed E-state index contributed by atoms with van der Waals surface area (Å²) in [4.78, 5) is 26.7. The second-order valence-electron chi connectivity index (χ2n) is 4.67. The van der Waals surface area contributed by atoms with E-state index in [4.69, 9.17) is 4.74 Å². The van der Waals surface area contributed by atoms with Gasteiger partial charge in [0.25, 0.3) is 0 Å². The number of nitrogens with zero attached hydrogens (tertiary/aromatic N) is 2. The normalized spacial score (nSPS) is 10.8. The van der Waals surface area contributed by atoms with E-state index in [2.05, 4.69) is 0 Å². The second-order valence-corrected chi connectivity index (χ2v) is 4.67. The molecule has 0 N–H and O–H groups in total. The zero-order valence-corrected chi connectivity index (χ0v) is 11.5. The highest BCUT2D eigenvalue weighted by molar-refractivity contribution is 6.32. The van der Waals surface area contributed by atoms with Gasteiger partial charge in [-0.15, -0.1) is 0 Å². The van der Waals surface area contributed by atoms with Crippen LogP contribution < -0.4 is 0 Å². The van der Waals surface area contributed by atoms with Gasteiger partial charge >= 0.3 is 11.9 Å². The van der Waals surface area contributed by atoms with E-state index in [0.29, 0.717) is 19.0 Å². The van der Waals surface area contributed by atoms with E-state index in [1.54, 1.807) is 11.8 Å². The smallest absolute Gasteiger partial charge is 0.397 e. The first kappa shape index (κ1) is 15.9. The minimum absolute atomic E-state index is 0.230. The fraction of sp³-hybridized carbons (Fsp3) is 0.833. The molecule has 0 rings (SSSR count). The standard InChI is InChI=1S/C12H24N2O3/c1-6-17-12(16)11(15)14(9-10(2)3)8-7-13(4)5/h10H,6-9H2,1-5H3. The first-order valence-electron chi connectivity index (χ1n) is 5.99. The number of likely N-dealkylation sites (N-methyl/N-ethyl adjacent to an activating group) is 1. The van der Waals surface area contributed by atoms with Gasteiger partial charge in [0, 0.05) is 19.6 Å². The molecular formula is C12H24N2O3. The Morgan fingerprint density at radius 1 is 1.18 bits per heavy atom. The summed E-state index contributed by atoms with van der Waals surface area (Å²) >= 11 is 0. The molecule has 0 aliphatic rings. The molecule has 0 aliphatic carbocycles. The highest BCUT2D eigenvalue weighted by Gasteiger charge is 2.23. The number of hydrogen-bond donors (Lipinski definition) is 0. The Bertz CT molecular complexity index is 252. The molecule has 0 saturated carbocycles. The van der Waals surface area contributed by atoms with Crippen molar-refractivity contribution in [2.45, 2.75) is 20.8 Å². The third kappa shape index (κ3) is 6.94. The highest BCUT2D eigenvalue weighted by Crippen LogP contribution is 2.01. The zero-order chi connectivity index (χ0) is 13.4. The summed E-state index contributed by atoms with van der Waals surface area (Å²) in [5.74, 6) is -0.968. The highest BCUT2D eigenvalue weighted by atomic mass is 16.5. The fourth-order valence-corrected chi connectivity index (χ4v) is 1.36. The lowest BCUT2D eigenvalue weighted by Gasteiger charge is -2.25. The molecule has 5 nitrogen and oxygen atoms in total. The maximum absolute atomic E-state index is 11.8. The number of esters is 1. The lowest BCUT2D eigenvalue weighted by Crippen LogP contribution is -2.43. The molecule has 0 aromatic carbocycles. The van der Waals surface area contributed by atoms with Crippen LogP contribution in [0.4, 0.5) is 0 Å². The van der Waals surface area contributed by atoms with Crippen molar-refractivity contribution in [1.29, 1.82) is 0 Å². The first-order chi connectivity index (χ1) is 7.88. The van der Waals surface area contributed by atoms with Crippen LogP contribution >= 0.6 is 0 Å². The van der Waals surface area contributed by atoms with Gasteiger partial charge in [-0.25, -0.2) is 4.79 Å². The van der Waals surface area contributed by atoms with Gasteiger partial charge in [-0.2, -0.15) is 0 Å². The number of carbonyl (C=O) groups excluding carboxylic acids is 2. The Kier molecular flexibility index (Phi) is 7.54. The number of amides is 1. The fourth-order valence-electron chi connectivity index (χ4n) is 1.36. The summed E-state index contributed by atoms with van der Waals surface area (Å²) < 4.78 is 4.73. The molecule has 0 aliphatic heterocycles. The molecule has 0 radical (unpaired) electrons. The number of ether oxygens (including phenoxy) is 1. The monoisotopic (exact) mass is 244 g/mol. The van der Waals surface area contributed by atoms with Gasteiger partial charge < -0.3 is 14.5 Å². The molecular weight excluding hydrogens is 220 g/mol. The summed E-state index contributed by atoms with van der Waals surface area (Å²) in [6, 6.07) is 0. The number of rotatable bonds is 6. The minimum Gasteiger partial charge on any atom is -0.459 e. The second kappa shape index (κ2) is 8.06. The average Bonchev–Trinajstić information content (AvgIpc) is 2.22. The van der Waals surface area contributed by atoms with Crippen molar-refractivity contribution in [2.24, 2.45) is 5.92 Å². The molecule has 17 heavy (non-hydrogen) atoms. The quantitative estimate of drug-likeness (QED) is 0.507. The molecule has 0 heterocycles. The van der Waals surface area contributed by atoms with Crippen molar-refractivity contribution >= 4 is 11.9 Å². The third-order valence-electron chi connectivity index (χ3n) is 2.14. The van der Waals surface area contributed by atoms with Gasteiger partial charge in [0.1, 0.15) is 0 Å². The van der Waals surface area contributed by atoms with Gasteiger partial charge in [-0.1, -0.05) is 13.8 Å². The van der Waals surface area contributed by atoms with E-state index in [0.717, 1.165) is 6.54 Å². The maximum Gasteiger partial charge on any atom is 0.397 e. The van der Waals surface area contributed by atoms with Crippen LogP contribution in [-0.2, 0) is 14.3 Å². The minimum atomic E-state index is -0.757. The molecule has 5 heteroatoms. The Morgan fingerprint density at radius 3 is 2.18 bits per heavy atom. The van der Waals surface area contributed by atoms with Crippen LogP contribution in [0.5, 0.6) is 0 Å². The molecule has 0 saturated heterocycles.